The van der Waals surface area contributed by atoms with Gasteiger partial charge in [-0.3, -0.25) is 0 Å². The highest BCUT2D eigenvalue weighted by Gasteiger charge is 2.15. The molecule has 2 aromatic rings. The average molecular weight is 257 g/mol. The van der Waals surface area contributed by atoms with Crippen molar-refractivity contribution >= 4 is 0 Å². The number of halogens is 1. The quantitative estimate of drug-likeness (QED) is 0.894. The van der Waals surface area contributed by atoms with Crippen LogP contribution in [0.2, 0.25) is 0 Å². The van der Waals surface area contributed by atoms with Crippen molar-refractivity contribution in [3.05, 3.63) is 53.3 Å². The van der Waals surface area contributed by atoms with Crippen LogP contribution in [-0.2, 0) is 6.42 Å². The minimum absolute atomic E-state index is 0.0999. The fraction of sp³-hybridized carbons (Fsp3) is 0.250. The number of benzene rings is 2. The van der Waals surface area contributed by atoms with Gasteiger partial charge in [-0.1, -0.05) is 12.1 Å². The van der Waals surface area contributed by atoms with E-state index in [-0.39, 0.29) is 11.9 Å². The highest BCUT2D eigenvalue weighted by atomic mass is 19.1. The van der Waals surface area contributed by atoms with Crippen LogP contribution in [0.15, 0.2) is 36.4 Å². The van der Waals surface area contributed by atoms with Gasteiger partial charge in [0.15, 0.2) is 0 Å². The molecule has 0 saturated heterocycles. The Kier molecular flexibility index (Phi) is 2.99. The summed E-state index contributed by atoms with van der Waals surface area (Å²) in [6.45, 7) is 2.61. The van der Waals surface area contributed by atoms with Crippen LogP contribution in [0.3, 0.4) is 0 Å². The van der Waals surface area contributed by atoms with Crippen LogP contribution in [0, 0.1) is 5.82 Å². The third-order valence-electron chi connectivity index (χ3n) is 3.52. The fourth-order valence-electron chi connectivity index (χ4n) is 2.40. The lowest BCUT2D eigenvalue weighted by Gasteiger charge is -2.10. The van der Waals surface area contributed by atoms with E-state index in [9.17, 15) is 4.39 Å². The molecule has 0 fully saturated rings. The van der Waals surface area contributed by atoms with E-state index < -0.39 is 0 Å². The van der Waals surface area contributed by atoms with Crippen molar-refractivity contribution in [2.45, 2.75) is 19.4 Å². The molecule has 2 nitrogen and oxygen atoms in total. The second kappa shape index (κ2) is 4.67. The number of nitrogens with two attached hydrogens (primary N) is 1. The van der Waals surface area contributed by atoms with E-state index in [4.69, 9.17) is 10.5 Å². The predicted octanol–water partition coefficient (Wildman–Crippen LogP) is 3.45. The molecule has 3 heteroatoms. The molecule has 0 saturated carbocycles. The standard InChI is InChI=1S/C16H16FNO/c1-10(18)11-2-4-15(17)14(9-11)12-3-5-16-13(8-12)6-7-19-16/h2-5,8-10H,6-7,18H2,1H3. The molecule has 0 bridgehead atoms. The lowest BCUT2D eigenvalue weighted by molar-refractivity contribution is 0.357. The van der Waals surface area contributed by atoms with Crippen molar-refractivity contribution < 1.29 is 9.13 Å². The van der Waals surface area contributed by atoms with Crippen molar-refractivity contribution in [1.82, 2.24) is 0 Å². The summed E-state index contributed by atoms with van der Waals surface area (Å²) in [5.74, 6) is 0.691. The molecule has 2 aromatic carbocycles. The Morgan fingerprint density at radius 1 is 1.21 bits per heavy atom. The first-order valence-electron chi connectivity index (χ1n) is 6.46. The van der Waals surface area contributed by atoms with Crippen molar-refractivity contribution in [3.63, 3.8) is 0 Å². The average Bonchev–Trinajstić information content (AvgIpc) is 2.86. The zero-order chi connectivity index (χ0) is 13.4. The van der Waals surface area contributed by atoms with Crippen LogP contribution >= 0.6 is 0 Å². The van der Waals surface area contributed by atoms with E-state index >= 15 is 0 Å². The minimum Gasteiger partial charge on any atom is -0.493 e. The minimum atomic E-state index is -0.219. The molecular weight excluding hydrogens is 241 g/mol. The second-order valence-corrected chi connectivity index (χ2v) is 4.95. The maximum Gasteiger partial charge on any atom is 0.131 e. The Labute approximate surface area is 112 Å². The van der Waals surface area contributed by atoms with Gasteiger partial charge in [0.25, 0.3) is 0 Å². The lowest BCUT2D eigenvalue weighted by atomic mass is 9.98. The third-order valence-corrected chi connectivity index (χ3v) is 3.52. The Morgan fingerprint density at radius 2 is 2.05 bits per heavy atom. The van der Waals surface area contributed by atoms with E-state index in [2.05, 4.69) is 0 Å². The molecular formula is C16H16FNO. The molecule has 0 amide bonds. The maximum atomic E-state index is 14.0. The molecule has 1 heterocycles. The summed E-state index contributed by atoms with van der Waals surface area (Å²) in [6.07, 6.45) is 0.887. The van der Waals surface area contributed by atoms with Gasteiger partial charge in [0.1, 0.15) is 11.6 Å². The molecule has 19 heavy (non-hydrogen) atoms. The van der Waals surface area contributed by atoms with Crippen LogP contribution in [-0.4, -0.2) is 6.61 Å². The molecule has 1 atom stereocenters. The monoisotopic (exact) mass is 257 g/mol. The van der Waals surface area contributed by atoms with Gasteiger partial charge in [0, 0.05) is 18.0 Å². The lowest BCUT2D eigenvalue weighted by Crippen LogP contribution is -2.05. The van der Waals surface area contributed by atoms with Crippen molar-refractivity contribution in [1.29, 1.82) is 0 Å². The van der Waals surface area contributed by atoms with Crippen LogP contribution in [0.5, 0.6) is 5.75 Å². The first kappa shape index (κ1) is 12.2. The summed E-state index contributed by atoms with van der Waals surface area (Å²) < 4.78 is 19.5. The summed E-state index contributed by atoms with van der Waals surface area (Å²) >= 11 is 0. The van der Waals surface area contributed by atoms with E-state index in [1.165, 1.54) is 6.07 Å². The first-order valence-corrected chi connectivity index (χ1v) is 6.46. The molecule has 0 radical (unpaired) electrons. The van der Waals surface area contributed by atoms with Gasteiger partial charge in [0.2, 0.25) is 0 Å². The van der Waals surface area contributed by atoms with Gasteiger partial charge in [-0.25, -0.2) is 4.39 Å². The first-order chi connectivity index (χ1) is 9.15. The molecule has 0 aromatic heterocycles. The fourth-order valence-corrected chi connectivity index (χ4v) is 2.40. The van der Waals surface area contributed by atoms with Crippen molar-refractivity contribution in [2.75, 3.05) is 6.61 Å². The van der Waals surface area contributed by atoms with Crippen LogP contribution in [0.4, 0.5) is 4.39 Å². The largest absolute Gasteiger partial charge is 0.493 e. The second-order valence-electron chi connectivity index (χ2n) is 4.95. The Hall–Kier alpha value is -1.87. The number of rotatable bonds is 2. The van der Waals surface area contributed by atoms with Gasteiger partial charge < -0.3 is 10.5 Å². The number of ether oxygens (including phenoxy) is 1. The number of hydrogen-bond donors (Lipinski definition) is 1. The molecule has 1 aliphatic rings. The summed E-state index contributed by atoms with van der Waals surface area (Å²) in [7, 11) is 0. The molecule has 1 unspecified atom stereocenters. The maximum absolute atomic E-state index is 14.0. The van der Waals surface area contributed by atoms with E-state index in [1.54, 1.807) is 6.07 Å². The number of hydrogen-bond acceptors (Lipinski definition) is 2. The smallest absolute Gasteiger partial charge is 0.131 e. The molecule has 3 rings (SSSR count). The van der Waals surface area contributed by atoms with Gasteiger partial charge in [-0.2, -0.15) is 0 Å². The third kappa shape index (κ3) is 2.22. The molecule has 1 aliphatic heterocycles. The van der Waals surface area contributed by atoms with Crippen molar-refractivity contribution in [2.24, 2.45) is 5.73 Å². The van der Waals surface area contributed by atoms with E-state index in [1.807, 2.05) is 31.2 Å². The highest BCUT2D eigenvalue weighted by Crippen LogP contribution is 2.32. The van der Waals surface area contributed by atoms with E-state index in [0.717, 1.165) is 28.9 Å². The summed E-state index contributed by atoms with van der Waals surface area (Å²) in [5.41, 5.74) is 9.42. The SMILES string of the molecule is CC(N)c1ccc(F)c(-c2ccc3c(c2)CCO3)c1. The Bertz CT molecular complexity index is 622. The van der Waals surface area contributed by atoms with Gasteiger partial charge >= 0.3 is 0 Å². The summed E-state index contributed by atoms with van der Waals surface area (Å²) in [6, 6.07) is 10.8. The van der Waals surface area contributed by atoms with E-state index in [0.29, 0.717) is 12.2 Å². The van der Waals surface area contributed by atoms with Crippen molar-refractivity contribution in [3.8, 4) is 16.9 Å². The normalized spacial score (nSPS) is 14.9. The molecule has 0 spiro atoms. The molecule has 98 valence electrons. The van der Waals surface area contributed by atoms with Gasteiger partial charge in [0.05, 0.1) is 6.61 Å². The van der Waals surface area contributed by atoms with Crippen LogP contribution < -0.4 is 10.5 Å². The molecule has 0 aliphatic carbocycles. The molecule has 2 N–H and O–H groups in total. The number of fused-ring (bicyclic) bond motifs is 1. The zero-order valence-corrected chi connectivity index (χ0v) is 10.8. The zero-order valence-electron chi connectivity index (χ0n) is 10.8. The van der Waals surface area contributed by atoms with Crippen LogP contribution in [0.25, 0.3) is 11.1 Å². The van der Waals surface area contributed by atoms with Gasteiger partial charge in [-0.05, 0) is 47.9 Å². The Morgan fingerprint density at radius 3 is 2.84 bits per heavy atom. The predicted molar refractivity (Wildman–Crippen MR) is 73.6 cm³/mol. The highest BCUT2D eigenvalue weighted by molar-refractivity contribution is 5.67. The topological polar surface area (TPSA) is 35.2 Å². The summed E-state index contributed by atoms with van der Waals surface area (Å²) in [4.78, 5) is 0. The van der Waals surface area contributed by atoms with Crippen LogP contribution in [0.1, 0.15) is 24.1 Å². The van der Waals surface area contributed by atoms with Gasteiger partial charge in [-0.15, -0.1) is 0 Å². The Balaban J connectivity index is 2.08. The summed E-state index contributed by atoms with van der Waals surface area (Å²) in [5, 5.41) is 0.